The number of rotatable bonds is 8. The number of carboxylic acids is 1. The Morgan fingerprint density at radius 2 is 1.85 bits per heavy atom. The Balaban J connectivity index is 1.49. The number of carboxylic acid groups (broad SMARTS) is 1. The lowest BCUT2D eigenvalue weighted by molar-refractivity contribution is -0.131. The Labute approximate surface area is 200 Å². The van der Waals surface area contributed by atoms with E-state index in [0.717, 1.165) is 11.3 Å². The van der Waals surface area contributed by atoms with E-state index in [-0.39, 0.29) is 17.5 Å². The van der Waals surface area contributed by atoms with Crippen LogP contribution in [0.3, 0.4) is 0 Å². The molecule has 7 nitrogen and oxygen atoms in total. The van der Waals surface area contributed by atoms with Gasteiger partial charge in [-0.2, -0.15) is 0 Å². The Kier molecular flexibility index (Phi) is 7.83. The van der Waals surface area contributed by atoms with Crippen LogP contribution in [0.2, 0.25) is 0 Å². The van der Waals surface area contributed by atoms with Crippen molar-refractivity contribution in [2.45, 2.75) is 63.3 Å². The van der Waals surface area contributed by atoms with Gasteiger partial charge in [-0.15, -0.1) is 0 Å². The van der Waals surface area contributed by atoms with Gasteiger partial charge in [0.2, 0.25) is 5.91 Å². The summed E-state index contributed by atoms with van der Waals surface area (Å²) in [6, 6.07) is 10.1. The molecule has 1 amide bonds. The van der Waals surface area contributed by atoms with E-state index in [1.807, 2.05) is 19.1 Å². The summed E-state index contributed by atoms with van der Waals surface area (Å²) in [5, 5.41) is 12.3. The molecule has 7 heteroatoms. The highest BCUT2D eigenvalue weighted by molar-refractivity contribution is 5.89. The van der Waals surface area contributed by atoms with E-state index in [2.05, 4.69) is 10.3 Å². The van der Waals surface area contributed by atoms with Crippen molar-refractivity contribution in [3.63, 3.8) is 0 Å². The van der Waals surface area contributed by atoms with E-state index in [1.54, 1.807) is 30.5 Å². The van der Waals surface area contributed by atoms with E-state index in [9.17, 15) is 9.59 Å². The predicted molar refractivity (Wildman–Crippen MR) is 128 cm³/mol. The Bertz CT molecular complexity index is 979. The lowest BCUT2D eigenvalue weighted by atomic mass is 9.75. The van der Waals surface area contributed by atoms with Crippen LogP contribution >= 0.6 is 0 Å². The van der Waals surface area contributed by atoms with Crippen molar-refractivity contribution in [2.24, 2.45) is 5.92 Å². The molecule has 1 aliphatic heterocycles. The van der Waals surface area contributed by atoms with Crippen LogP contribution in [0.25, 0.3) is 0 Å². The lowest BCUT2D eigenvalue weighted by Crippen LogP contribution is -2.49. The van der Waals surface area contributed by atoms with Crippen LogP contribution in [0.5, 0.6) is 5.75 Å². The van der Waals surface area contributed by atoms with Gasteiger partial charge in [-0.3, -0.25) is 9.78 Å². The molecule has 34 heavy (non-hydrogen) atoms. The fraction of sp³-hybridized carbons (Fsp3) is 0.519. The molecule has 2 N–H and O–H groups in total. The summed E-state index contributed by atoms with van der Waals surface area (Å²) in [5.74, 6) is 0.286. The first-order valence-electron chi connectivity index (χ1n) is 12.3. The molecule has 1 aromatic heterocycles. The first kappa shape index (κ1) is 24.2. The van der Waals surface area contributed by atoms with Crippen molar-refractivity contribution in [3.8, 4) is 5.75 Å². The van der Waals surface area contributed by atoms with Gasteiger partial charge in [-0.1, -0.05) is 31.4 Å². The maximum absolute atomic E-state index is 13.7. The van der Waals surface area contributed by atoms with Gasteiger partial charge in [0.1, 0.15) is 5.75 Å². The number of aromatic carboxylic acids is 1. The van der Waals surface area contributed by atoms with Crippen molar-refractivity contribution >= 4 is 11.9 Å². The molecule has 2 aromatic rings. The van der Waals surface area contributed by atoms with Crippen molar-refractivity contribution in [1.82, 2.24) is 10.3 Å². The smallest absolute Gasteiger partial charge is 0.335 e. The summed E-state index contributed by atoms with van der Waals surface area (Å²) in [6.07, 6.45) is 9.11. The second-order valence-electron chi connectivity index (χ2n) is 9.51. The SMILES string of the molecule is CC(NC(=O)C1(c2cc(OCC3CCCCC3)ccn2)CCOCC1)c1ccc(C(=O)O)cc1. The number of carbonyl (C=O) groups excluding carboxylic acids is 1. The summed E-state index contributed by atoms with van der Waals surface area (Å²) in [5.41, 5.74) is 0.982. The quantitative estimate of drug-likeness (QED) is 0.587. The number of hydrogen-bond acceptors (Lipinski definition) is 5. The summed E-state index contributed by atoms with van der Waals surface area (Å²) >= 11 is 0. The zero-order chi connectivity index (χ0) is 24.0. The summed E-state index contributed by atoms with van der Waals surface area (Å²) in [6.45, 7) is 3.58. The first-order chi connectivity index (χ1) is 16.5. The number of nitrogens with one attached hydrogen (secondary N) is 1. The number of benzene rings is 1. The molecule has 1 aromatic carbocycles. The van der Waals surface area contributed by atoms with Crippen molar-refractivity contribution in [1.29, 1.82) is 0 Å². The fourth-order valence-electron chi connectivity index (χ4n) is 4.98. The van der Waals surface area contributed by atoms with Gasteiger partial charge in [0.25, 0.3) is 0 Å². The number of aromatic nitrogens is 1. The normalized spacial score (nSPS) is 19.2. The van der Waals surface area contributed by atoms with Gasteiger partial charge >= 0.3 is 5.97 Å². The zero-order valence-corrected chi connectivity index (χ0v) is 19.8. The molecule has 1 aliphatic carbocycles. The highest BCUT2D eigenvalue weighted by Gasteiger charge is 2.43. The number of amides is 1. The van der Waals surface area contributed by atoms with Gasteiger partial charge in [0, 0.05) is 25.5 Å². The van der Waals surface area contributed by atoms with Gasteiger partial charge < -0.3 is 19.9 Å². The van der Waals surface area contributed by atoms with Gasteiger partial charge in [-0.25, -0.2) is 4.79 Å². The van der Waals surface area contributed by atoms with E-state index >= 15 is 0 Å². The minimum absolute atomic E-state index is 0.0949. The number of ether oxygens (including phenoxy) is 2. The maximum Gasteiger partial charge on any atom is 0.335 e. The van der Waals surface area contributed by atoms with Gasteiger partial charge in [0.15, 0.2) is 0 Å². The van der Waals surface area contributed by atoms with Crippen LogP contribution in [0.1, 0.15) is 79.5 Å². The molecule has 2 fully saturated rings. The van der Waals surface area contributed by atoms with Crippen molar-refractivity contribution < 1.29 is 24.2 Å². The van der Waals surface area contributed by atoms with Gasteiger partial charge in [0.05, 0.1) is 29.3 Å². The highest BCUT2D eigenvalue weighted by Crippen LogP contribution is 2.36. The zero-order valence-electron chi connectivity index (χ0n) is 19.8. The molecule has 2 heterocycles. The Morgan fingerprint density at radius 3 is 2.53 bits per heavy atom. The molecule has 1 saturated heterocycles. The minimum atomic E-state index is -0.971. The van der Waals surface area contributed by atoms with E-state index in [1.165, 1.54) is 32.1 Å². The summed E-state index contributed by atoms with van der Waals surface area (Å²) < 4.78 is 11.7. The fourth-order valence-corrected chi connectivity index (χ4v) is 4.98. The highest BCUT2D eigenvalue weighted by atomic mass is 16.5. The maximum atomic E-state index is 13.7. The Hall–Kier alpha value is -2.93. The van der Waals surface area contributed by atoms with E-state index in [0.29, 0.717) is 44.3 Å². The molecule has 182 valence electrons. The van der Waals surface area contributed by atoms with Crippen LogP contribution in [-0.2, 0) is 14.9 Å². The molecular weight excluding hydrogens is 432 g/mol. The van der Waals surface area contributed by atoms with Crippen LogP contribution < -0.4 is 10.1 Å². The molecule has 1 atom stereocenters. The summed E-state index contributed by atoms with van der Waals surface area (Å²) in [4.78, 5) is 29.4. The topological polar surface area (TPSA) is 97.8 Å². The lowest BCUT2D eigenvalue weighted by Gasteiger charge is -2.36. The largest absolute Gasteiger partial charge is 0.493 e. The standard InChI is InChI=1S/C27H34N2O5/c1-19(21-7-9-22(10-8-21)25(30)31)29-26(32)27(12-15-33-16-13-27)24-17-23(11-14-28-24)34-18-20-5-3-2-4-6-20/h7-11,14,17,19-20H,2-6,12-13,15-16,18H2,1H3,(H,29,32)(H,30,31). The molecule has 0 radical (unpaired) electrons. The molecule has 0 spiro atoms. The minimum Gasteiger partial charge on any atom is -0.493 e. The average Bonchev–Trinajstić information content (AvgIpc) is 2.88. The second kappa shape index (κ2) is 11.0. The van der Waals surface area contributed by atoms with Crippen molar-refractivity contribution in [2.75, 3.05) is 19.8 Å². The monoisotopic (exact) mass is 466 g/mol. The van der Waals surface area contributed by atoms with Gasteiger partial charge in [-0.05, 0) is 62.3 Å². The third-order valence-corrected chi connectivity index (χ3v) is 7.22. The van der Waals surface area contributed by atoms with Crippen LogP contribution in [0.4, 0.5) is 0 Å². The number of hydrogen-bond donors (Lipinski definition) is 2. The third kappa shape index (κ3) is 5.58. The van der Waals surface area contributed by atoms with Crippen LogP contribution in [-0.4, -0.2) is 41.8 Å². The van der Waals surface area contributed by atoms with E-state index < -0.39 is 11.4 Å². The first-order valence-corrected chi connectivity index (χ1v) is 12.3. The van der Waals surface area contributed by atoms with Crippen LogP contribution in [0.15, 0.2) is 42.6 Å². The van der Waals surface area contributed by atoms with E-state index in [4.69, 9.17) is 14.6 Å². The van der Waals surface area contributed by atoms with Crippen LogP contribution in [0, 0.1) is 5.92 Å². The molecular formula is C27H34N2O5. The number of nitrogens with zero attached hydrogens (tertiary/aromatic N) is 1. The summed E-state index contributed by atoms with van der Waals surface area (Å²) in [7, 11) is 0. The third-order valence-electron chi connectivity index (χ3n) is 7.22. The average molecular weight is 467 g/mol. The second-order valence-corrected chi connectivity index (χ2v) is 9.51. The molecule has 1 unspecified atom stereocenters. The van der Waals surface area contributed by atoms with Crippen molar-refractivity contribution in [3.05, 3.63) is 59.4 Å². The molecule has 4 rings (SSSR count). The molecule has 1 saturated carbocycles. The number of pyridine rings is 1. The molecule has 0 bridgehead atoms. The molecule has 2 aliphatic rings. The number of carbonyl (C=O) groups is 2. The Morgan fingerprint density at radius 1 is 1.15 bits per heavy atom. The predicted octanol–water partition coefficient (Wildman–Crippen LogP) is 4.66.